The predicted molar refractivity (Wildman–Crippen MR) is 99.1 cm³/mol. The number of aromatic nitrogens is 2. The van der Waals surface area contributed by atoms with Gasteiger partial charge in [-0.15, -0.1) is 0 Å². The van der Waals surface area contributed by atoms with E-state index in [1.807, 2.05) is 6.07 Å². The molecular formula is C19H12FN3O3S. The number of thioether (sulfide) groups is 1. The second-order valence-electron chi connectivity index (χ2n) is 5.49. The number of nitrogens with one attached hydrogen (secondary N) is 1. The van der Waals surface area contributed by atoms with Crippen LogP contribution in [-0.4, -0.2) is 27.3 Å². The van der Waals surface area contributed by atoms with Crippen molar-refractivity contribution in [3.8, 4) is 28.5 Å². The van der Waals surface area contributed by atoms with E-state index in [4.69, 9.17) is 5.11 Å². The lowest BCUT2D eigenvalue weighted by Crippen LogP contribution is -2.14. The van der Waals surface area contributed by atoms with Gasteiger partial charge in [0.15, 0.2) is 5.16 Å². The molecule has 1 aromatic heterocycles. The largest absolute Gasteiger partial charge is 0.478 e. The van der Waals surface area contributed by atoms with Crippen LogP contribution in [0.25, 0.3) is 22.4 Å². The quantitative estimate of drug-likeness (QED) is 0.529. The summed E-state index contributed by atoms with van der Waals surface area (Å²) in [6.45, 7) is 0. The molecular weight excluding hydrogens is 369 g/mol. The maximum Gasteiger partial charge on any atom is 0.335 e. The van der Waals surface area contributed by atoms with E-state index in [0.29, 0.717) is 16.3 Å². The molecule has 2 N–H and O–H groups in total. The van der Waals surface area contributed by atoms with Crippen molar-refractivity contribution in [2.75, 3.05) is 6.26 Å². The van der Waals surface area contributed by atoms with Gasteiger partial charge in [0.1, 0.15) is 17.4 Å². The van der Waals surface area contributed by atoms with Crippen LogP contribution in [0.5, 0.6) is 0 Å². The molecule has 0 bridgehead atoms. The number of halogens is 1. The van der Waals surface area contributed by atoms with Crippen LogP contribution in [0.15, 0.2) is 52.4 Å². The number of carboxylic acid groups (broad SMARTS) is 1. The Morgan fingerprint density at radius 2 is 1.89 bits per heavy atom. The van der Waals surface area contributed by atoms with E-state index >= 15 is 0 Å². The Kier molecular flexibility index (Phi) is 5.05. The zero-order valence-electron chi connectivity index (χ0n) is 14.0. The van der Waals surface area contributed by atoms with E-state index in [2.05, 4.69) is 9.97 Å². The van der Waals surface area contributed by atoms with Gasteiger partial charge in [0.05, 0.1) is 11.3 Å². The summed E-state index contributed by atoms with van der Waals surface area (Å²) in [5.41, 5.74) is 0.808. The minimum Gasteiger partial charge on any atom is -0.478 e. The molecule has 0 unspecified atom stereocenters. The molecule has 0 radical (unpaired) electrons. The summed E-state index contributed by atoms with van der Waals surface area (Å²) in [6, 6.07) is 12.0. The van der Waals surface area contributed by atoms with Crippen molar-refractivity contribution in [1.29, 1.82) is 5.26 Å². The molecule has 0 aliphatic rings. The molecule has 6 nitrogen and oxygen atoms in total. The van der Waals surface area contributed by atoms with Crippen LogP contribution < -0.4 is 5.56 Å². The summed E-state index contributed by atoms with van der Waals surface area (Å²) in [7, 11) is 0. The van der Waals surface area contributed by atoms with Gasteiger partial charge in [0.25, 0.3) is 5.56 Å². The first-order valence-corrected chi connectivity index (χ1v) is 8.89. The van der Waals surface area contributed by atoms with Gasteiger partial charge in [-0.2, -0.15) is 5.26 Å². The SMILES string of the molecule is CSc1nc(-c2ccc(-c3ccc(C(=O)O)cc3F)cc2)c(C#N)c(=O)[nH]1. The molecule has 134 valence electrons. The number of nitriles is 1. The number of benzene rings is 2. The lowest BCUT2D eigenvalue weighted by molar-refractivity contribution is 0.0696. The lowest BCUT2D eigenvalue weighted by Gasteiger charge is -2.08. The minimum atomic E-state index is -1.20. The van der Waals surface area contributed by atoms with Crippen LogP contribution in [-0.2, 0) is 0 Å². The summed E-state index contributed by atoms with van der Waals surface area (Å²) in [4.78, 5) is 29.7. The highest BCUT2D eigenvalue weighted by atomic mass is 32.2. The topological polar surface area (TPSA) is 107 Å². The molecule has 0 aliphatic heterocycles. The van der Waals surface area contributed by atoms with Crippen molar-refractivity contribution in [1.82, 2.24) is 9.97 Å². The van der Waals surface area contributed by atoms with E-state index in [0.717, 1.165) is 6.07 Å². The zero-order valence-corrected chi connectivity index (χ0v) is 14.8. The molecule has 0 saturated heterocycles. The average Bonchev–Trinajstić information content (AvgIpc) is 2.67. The highest BCUT2D eigenvalue weighted by Crippen LogP contribution is 2.27. The summed E-state index contributed by atoms with van der Waals surface area (Å²) >= 11 is 1.24. The van der Waals surface area contributed by atoms with Crippen LogP contribution in [0.4, 0.5) is 4.39 Å². The Hall–Kier alpha value is -3.44. The Labute approximate surface area is 157 Å². The lowest BCUT2D eigenvalue weighted by atomic mass is 10.00. The summed E-state index contributed by atoms with van der Waals surface area (Å²) in [5.74, 6) is -1.86. The fourth-order valence-electron chi connectivity index (χ4n) is 2.55. The molecule has 0 atom stereocenters. The molecule has 0 amide bonds. The van der Waals surface area contributed by atoms with Crippen molar-refractivity contribution in [3.63, 3.8) is 0 Å². The molecule has 2 aromatic carbocycles. The van der Waals surface area contributed by atoms with Crippen LogP contribution >= 0.6 is 11.8 Å². The number of aromatic amines is 1. The smallest absolute Gasteiger partial charge is 0.335 e. The summed E-state index contributed by atoms with van der Waals surface area (Å²) in [5, 5.41) is 18.6. The third kappa shape index (κ3) is 3.59. The highest BCUT2D eigenvalue weighted by molar-refractivity contribution is 7.98. The van der Waals surface area contributed by atoms with E-state index in [9.17, 15) is 19.2 Å². The molecule has 27 heavy (non-hydrogen) atoms. The van der Waals surface area contributed by atoms with Gasteiger partial charge in [0.2, 0.25) is 0 Å². The molecule has 3 aromatic rings. The van der Waals surface area contributed by atoms with Crippen LogP contribution in [0.2, 0.25) is 0 Å². The maximum absolute atomic E-state index is 14.2. The number of hydrogen-bond donors (Lipinski definition) is 2. The Bertz CT molecular complexity index is 1130. The average molecular weight is 381 g/mol. The first-order valence-electron chi connectivity index (χ1n) is 7.66. The van der Waals surface area contributed by atoms with Gasteiger partial charge in [-0.1, -0.05) is 42.1 Å². The standard InChI is InChI=1S/C19H12FN3O3S/c1-27-19-22-16(14(9-21)17(24)23-19)11-4-2-10(3-5-11)13-7-6-12(18(25)26)8-15(13)20/h2-8H,1H3,(H,25,26)(H,22,23,24). The van der Waals surface area contributed by atoms with Crippen molar-refractivity contribution in [3.05, 3.63) is 69.8 Å². The van der Waals surface area contributed by atoms with Crippen LogP contribution in [0.1, 0.15) is 15.9 Å². The van der Waals surface area contributed by atoms with Crippen molar-refractivity contribution in [2.45, 2.75) is 5.16 Å². The third-order valence-corrected chi connectivity index (χ3v) is 4.47. The van der Waals surface area contributed by atoms with E-state index in [1.54, 1.807) is 30.5 Å². The van der Waals surface area contributed by atoms with Gasteiger partial charge in [-0.3, -0.25) is 4.79 Å². The van der Waals surface area contributed by atoms with Gasteiger partial charge < -0.3 is 10.1 Å². The molecule has 3 rings (SSSR count). The second-order valence-corrected chi connectivity index (χ2v) is 6.28. The molecule has 0 saturated carbocycles. The number of H-pyrrole nitrogens is 1. The Morgan fingerprint density at radius 3 is 2.44 bits per heavy atom. The molecule has 0 spiro atoms. The Morgan fingerprint density at radius 1 is 1.22 bits per heavy atom. The maximum atomic E-state index is 14.2. The number of nitrogens with zero attached hydrogens (tertiary/aromatic N) is 2. The Balaban J connectivity index is 2.05. The number of carbonyl (C=O) groups is 1. The second kappa shape index (κ2) is 7.43. The van der Waals surface area contributed by atoms with Crippen molar-refractivity contribution >= 4 is 17.7 Å². The molecule has 8 heteroatoms. The predicted octanol–water partition coefficient (Wildman–Crippen LogP) is 3.53. The van der Waals surface area contributed by atoms with Gasteiger partial charge >= 0.3 is 5.97 Å². The summed E-state index contributed by atoms with van der Waals surface area (Å²) < 4.78 is 14.2. The zero-order chi connectivity index (χ0) is 19.6. The first kappa shape index (κ1) is 18.4. The van der Waals surface area contributed by atoms with E-state index < -0.39 is 17.3 Å². The fraction of sp³-hybridized carbons (Fsp3) is 0.0526. The first-order chi connectivity index (χ1) is 12.9. The molecule has 0 fully saturated rings. The van der Waals surface area contributed by atoms with Crippen molar-refractivity contribution < 1.29 is 14.3 Å². The summed E-state index contributed by atoms with van der Waals surface area (Å²) in [6.07, 6.45) is 1.75. The number of hydrogen-bond acceptors (Lipinski definition) is 5. The van der Waals surface area contributed by atoms with Crippen LogP contribution in [0.3, 0.4) is 0 Å². The molecule has 1 heterocycles. The number of rotatable bonds is 4. The van der Waals surface area contributed by atoms with Crippen LogP contribution in [0, 0.1) is 17.1 Å². The monoisotopic (exact) mass is 381 g/mol. The fourth-order valence-corrected chi connectivity index (χ4v) is 2.93. The number of carboxylic acids is 1. The van der Waals surface area contributed by atoms with E-state index in [-0.39, 0.29) is 22.4 Å². The van der Waals surface area contributed by atoms with Gasteiger partial charge in [-0.25, -0.2) is 14.2 Å². The molecule has 0 aliphatic carbocycles. The third-order valence-electron chi connectivity index (χ3n) is 3.89. The van der Waals surface area contributed by atoms with Gasteiger partial charge in [0, 0.05) is 11.1 Å². The number of aromatic carboxylic acids is 1. The highest BCUT2D eigenvalue weighted by Gasteiger charge is 2.14. The van der Waals surface area contributed by atoms with E-state index in [1.165, 1.54) is 23.9 Å². The van der Waals surface area contributed by atoms with Crippen molar-refractivity contribution in [2.24, 2.45) is 0 Å². The minimum absolute atomic E-state index is 0.0995. The normalized spacial score (nSPS) is 10.4. The van der Waals surface area contributed by atoms with Gasteiger partial charge in [-0.05, 0) is 24.0 Å².